The molecule has 0 bridgehead atoms. The lowest BCUT2D eigenvalue weighted by atomic mass is 10.4. The van der Waals surface area contributed by atoms with Gasteiger partial charge < -0.3 is 8.85 Å². The van der Waals surface area contributed by atoms with Crippen molar-refractivity contribution >= 4 is 27.0 Å². The predicted octanol–water partition coefficient (Wildman–Crippen LogP) is 2.58. The van der Waals surface area contributed by atoms with E-state index in [4.69, 9.17) is 8.85 Å². The average Bonchev–Trinajstić information content (AvgIpc) is 2.29. The molecule has 0 amide bonds. The molecule has 0 spiro atoms. The number of hydrogen-bond donors (Lipinski definition) is 0. The van der Waals surface area contributed by atoms with Gasteiger partial charge in [0.2, 0.25) is 16.6 Å². The van der Waals surface area contributed by atoms with Crippen LogP contribution in [0.3, 0.4) is 0 Å². The highest BCUT2D eigenvalue weighted by atomic mass is 28.4. The monoisotopic (exact) mass is 282 g/mol. The third-order valence-corrected chi connectivity index (χ3v) is 8.75. The van der Waals surface area contributed by atoms with Gasteiger partial charge in [0.25, 0.3) is 0 Å². The van der Waals surface area contributed by atoms with Crippen LogP contribution in [0.15, 0.2) is 24.3 Å². The van der Waals surface area contributed by atoms with Crippen LogP contribution in [0.2, 0.25) is 26.2 Å². The Kier molecular flexibility index (Phi) is 5.34. The molecule has 0 aliphatic heterocycles. The van der Waals surface area contributed by atoms with Crippen LogP contribution in [0.25, 0.3) is 0 Å². The van der Waals surface area contributed by atoms with E-state index in [1.165, 1.54) is 10.4 Å². The van der Waals surface area contributed by atoms with Gasteiger partial charge in [0, 0.05) is 13.2 Å². The van der Waals surface area contributed by atoms with E-state index in [9.17, 15) is 0 Å². The highest BCUT2D eigenvalue weighted by Gasteiger charge is 2.27. The molecule has 1 aromatic rings. The molecule has 0 saturated heterocycles. The summed E-state index contributed by atoms with van der Waals surface area (Å²) in [5, 5.41) is 2.71. The minimum atomic E-state index is -1.71. The van der Waals surface area contributed by atoms with Crippen LogP contribution in [-0.2, 0) is 8.85 Å². The van der Waals surface area contributed by atoms with Crippen LogP contribution in [-0.4, -0.2) is 29.8 Å². The first kappa shape index (κ1) is 15.6. The van der Waals surface area contributed by atoms with E-state index in [2.05, 4.69) is 64.3 Å². The number of hydrogen-bond acceptors (Lipinski definition) is 2. The molecule has 18 heavy (non-hydrogen) atoms. The van der Waals surface area contributed by atoms with Gasteiger partial charge in [-0.1, -0.05) is 24.3 Å². The van der Waals surface area contributed by atoms with Crippen molar-refractivity contribution in [1.29, 1.82) is 0 Å². The predicted molar refractivity (Wildman–Crippen MR) is 83.9 cm³/mol. The Morgan fingerprint density at radius 1 is 0.722 bits per heavy atom. The minimum Gasteiger partial charge on any atom is -0.413 e. The summed E-state index contributed by atoms with van der Waals surface area (Å²) >= 11 is 0. The van der Waals surface area contributed by atoms with Gasteiger partial charge in [-0.15, -0.1) is 0 Å². The Morgan fingerprint density at radius 2 is 1.00 bits per heavy atom. The molecular formula is C14H26O2Si2. The molecule has 0 aromatic heterocycles. The number of rotatable bonds is 6. The van der Waals surface area contributed by atoms with E-state index < -0.39 is 16.6 Å². The molecule has 0 radical (unpaired) electrons. The molecule has 0 N–H and O–H groups in total. The Bertz CT molecular complexity index is 335. The molecular weight excluding hydrogens is 256 g/mol. The summed E-state index contributed by atoms with van der Waals surface area (Å²) in [4.78, 5) is 0. The molecule has 0 unspecified atom stereocenters. The van der Waals surface area contributed by atoms with Crippen molar-refractivity contribution in [3.05, 3.63) is 24.3 Å². The third-order valence-electron chi connectivity index (χ3n) is 3.29. The topological polar surface area (TPSA) is 18.5 Å². The van der Waals surface area contributed by atoms with Gasteiger partial charge in [-0.25, -0.2) is 0 Å². The zero-order chi connectivity index (χ0) is 13.8. The summed E-state index contributed by atoms with van der Waals surface area (Å²) < 4.78 is 11.8. The molecule has 0 aliphatic carbocycles. The van der Waals surface area contributed by atoms with Crippen molar-refractivity contribution in [3.63, 3.8) is 0 Å². The van der Waals surface area contributed by atoms with E-state index >= 15 is 0 Å². The van der Waals surface area contributed by atoms with E-state index in [0.29, 0.717) is 0 Å². The van der Waals surface area contributed by atoms with Crippen molar-refractivity contribution in [2.75, 3.05) is 13.2 Å². The normalized spacial score (nSPS) is 12.8. The molecule has 0 aliphatic rings. The summed E-state index contributed by atoms with van der Waals surface area (Å²) in [6.07, 6.45) is 0. The Labute approximate surface area is 114 Å². The largest absolute Gasteiger partial charge is 0.413 e. The first-order valence-corrected chi connectivity index (χ1v) is 12.5. The van der Waals surface area contributed by atoms with Gasteiger partial charge in [-0.2, -0.15) is 0 Å². The lowest BCUT2D eigenvalue weighted by molar-refractivity contribution is 0.338. The van der Waals surface area contributed by atoms with Crippen LogP contribution in [0, 0.1) is 0 Å². The van der Waals surface area contributed by atoms with E-state index in [1.54, 1.807) is 0 Å². The fourth-order valence-electron chi connectivity index (χ4n) is 2.16. The Hall–Kier alpha value is -0.426. The summed E-state index contributed by atoms with van der Waals surface area (Å²) in [5.41, 5.74) is 0. The van der Waals surface area contributed by atoms with Crippen molar-refractivity contribution in [3.8, 4) is 0 Å². The number of benzene rings is 1. The van der Waals surface area contributed by atoms with Gasteiger partial charge in [0.1, 0.15) is 0 Å². The molecule has 0 saturated carbocycles. The highest BCUT2D eigenvalue weighted by Crippen LogP contribution is 2.08. The maximum Gasteiger partial charge on any atom is 0.218 e. The second-order valence-electron chi connectivity index (χ2n) is 5.46. The SMILES string of the molecule is CCO[Si](C)(C)c1ccc([Si](C)(C)OCC)cc1. The quantitative estimate of drug-likeness (QED) is 0.747. The third kappa shape index (κ3) is 3.78. The fraction of sp³-hybridized carbons (Fsp3) is 0.571. The van der Waals surface area contributed by atoms with E-state index in [0.717, 1.165) is 13.2 Å². The highest BCUT2D eigenvalue weighted by molar-refractivity contribution is 6.86. The maximum atomic E-state index is 5.91. The average molecular weight is 283 g/mol. The minimum absolute atomic E-state index is 0.792. The van der Waals surface area contributed by atoms with Crippen LogP contribution >= 0.6 is 0 Å². The fourth-order valence-corrected chi connectivity index (χ4v) is 5.88. The second-order valence-corrected chi connectivity index (χ2v) is 13.2. The summed E-state index contributed by atoms with van der Waals surface area (Å²) in [5.74, 6) is 0. The van der Waals surface area contributed by atoms with Crippen molar-refractivity contribution < 1.29 is 8.85 Å². The van der Waals surface area contributed by atoms with E-state index in [1.807, 2.05) is 0 Å². The molecule has 0 heterocycles. The summed E-state index contributed by atoms with van der Waals surface area (Å²) in [6.45, 7) is 14.7. The van der Waals surface area contributed by atoms with Gasteiger partial charge in [-0.05, 0) is 50.4 Å². The molecule has 0 atom stereocenters. The lowest BCUT2D eigenvalue weighted by Gasteiger charge is -2.25. The molecule has 0 fully saturated rings. The van der Waals surface area contributed by atoms with Crippen LogP contribution < -0.4 is 10.4 Å². The molecule has 102 valence electrons. The first-order chi connectivity index (χ1) is 8.33. The van der Waals surface area contributed by atoms with Crippen LogP contribution in [0.5, 0.6) is 0 Å². The second kappa shape index (κ2) is 6.15. The van der Waals surface area contributed by atoms with Crippen molar-refractivity contribution in [2.24, 2.45) is 0 Å². The standard InChI is InChI=1S/C14H26O2Si2/c1-7-15-17(3,4)13-9-11-14(12-10-13)18(5,6)16-8-2/h9-12H,7-8H2,1-6H3. The molecule has 1 aromatic carbocycles. The molecule has 2 nitrogen and oxygen atoms in total. The summed E-state index contributed by atoms with van der Waals surface area (Å²) in [7, 11) is -3.41. The maximum absolute atomic E-state index is 5.91. The van der Waals surface area contributed by atoms with Crippen molar-refractivity contribution in [2.45, 2.75) is 40.0 Å². The Balaban J connectivity index is 2.92. The van der Waals surface area contributed by atoms with Gasteiger partial charge in [-0.3, -0.25) is 0 Å². The zero-order valence-corrected chi connectivity index (χ0v) is 14.5. The molecule has 4 heteroatoms. The van der Waals surface area contributed by atoms with Gasteiger partial charge >= 0.3 is 0 Å². The van der Waals surface area contributed by atoms with Crippen LogP contribution in [0.4, 0.5) is 0 Å². The zero-order valence-electron chi connectivity index (χ0n) is 12.5. The Morgan fingerprint density at radius 3 is 1.22 bits per heavy atom. The first-order valence-electron chi connectivity index (χ1n) is 6.72. The lowest BCUT2D eigenvalue weighted by Crippen LogP contribution is -2.48. The van der Waals surface area contributed by atoms with Crippen LogP contribution in [0.1, 0.15) is 13.8 Å². The smallest absolute Gasteiger partial charge is 0.218 e. The molecule has 1 rings (SSSR count). The van der Waals surface area contributed by atoms with Gasteiger partial charge in [0.15, 0.2) is 0 Å². The van der Waals surface area contributed by atoms with E-state index in [-0.39, 0.29) is 0 Å². The summed E-state index contributed by atoms with van der Waals surface area (Å²) in [6, 6.07) is 8.91. The van der Waals surface area contributed by atoms with Gasteiger partial charge in [0.05, 0.1) is 0 Å². The van der Waals surface area contributed by atoms with Crippen molar-refractivity contribution in [1.82, 2.24) is 0 Å².